The average molecular weight is 540 g/mol. The average Bonchev–Trinajstić information content (AvgIpc) is 3.31. The molecule has 0 N–H and O–H groups in total. The molecule has 0 aliphatic carbocycles. The number of hydrogen-bond donors (Lipinski definition) is 0. The second-order valence-corrected chi connectivity index (χ2v) is 9.91. The molecule has 0 unspecified atom stereocenters. The number of aryl methyl sites for hydroxylation is 1. The van der Waals surface area contributed by atoms with Crippen molar-refractivity contribution in [1.29, 1.82) is 5.26 Å². The second-order valence-electron chi connectivity index (χ2n) is 9.91. The molecule has 2 aromatic heterocycles. The van der Waals surface area contributed by atoms with Gasteiger partial charge in [0.15, 0.2) is 0 Å². The zero-order valence-electron chi connectivity index (χ0n) is 22.3. The highest BCUT2D eigenvalue weighted by atomic mass is 19.1. The third kappa shape index (κ3) is 5.33. The summed E-state index contributed by atoms with van der Waals surface area (Å²) in [5, 5.41) is 15.6. The molecule has 0 radical (unpaired) electrons. The summed E-state index contributed by atoms with van der Waals surface area (Å²) in [6, 6.07) is 18.1. The van der Waals surface area contributed by atoms with Crippen molar-refractivity contribution in [2.24, 2.45) is 5.10 Å². The van der Waals surface area contributed by atoms with E-state index in [4.69, 9.17) is 24.8 Å². The molecule has 0 bridgehead atoms. The summed E-state index contributed by atoms with van der Waals surface area (Å²) in [4.78, 5) is 11.6. The van der Waals surface area contributed by atoms with Crippen LogP contribution in [0, 0.1) is 17.1 Å². The van der Waals surface area contributed by atoms with E-state index >= 15 is 0 Å². The Hall–Kier alpha value is -4.49. The summed E-state index contributed by atoms with van der Waals surface area (Å²) >= 11 is 0. The highest BCUT2D eigenvalue weighted by molar-refractivity contribution is 5.80. The number of benzene rings is 2. The summed E-state index contributed by atoms with van der Waals surface area (Å²) in [6.45, 7) is 5.78. The van der Waals surface area contributed by atoms with Crippen molar-refractivity contribution >= 4 is 23.2 Å². The van der Waals surface area contributed by atoms with Gasteiger partial charge in [0, 0.05) is 24.8 Å². The molecule has 2 aliphatic heterocycles. The molecular formula is C30H30FN7O2. The van der Waals surface area contributed by atoms with Gasteiger partial charge in [0.2, 0.25) is 5.88 Å². The third-order valence-corrected chi connectivity index (χ3v) is 7.34. The molecule has 4 heterocycles. The van der Waals surface area contributed by atoms with E-state index in [0.717, 1.165) is 42.9 Å². The number of pyridine rings is 1. The fourth-order valence-corrected chi connectivity index (χ4v) is 4.96. The number of fused-ring (bicyclic) bond motifs is 1. The van der Waals surface area contributed by atoms with Crippen LogP contribution in [0.1, 0.15) is 35.9 Å². The standard InChI is InChI=1S/C30H30FN7O2/c1-2-22-5-3-6-26-30(22)35-28(38(26)17-24-11-14-39-24)18-37-13-12-36(20-33-37)27-7-4-8-29(34-27)40-19-23-10-9-21(16-32)15-25(23)31/h3-10,15,20,24H,2,11-14,17-19H2,1H3/t24-/m0/s1. The lowest BCUT2D eigenvalue weighted by molar-refractivity contribution is -0.0592. The van der Waals surface area contributed by atoms with Crippen LogP contribution in [-0.4, -0.2) is 51.7 Å². The zero-order valence-corrected chi connectivity index (χ0v) is 22.3. The number of anilines is 1. The Morgan fingerprint density at radius 2 is 1.98 bits per heavy atom. The summed E-state index contributed by atoms with van der Waals surface area (Å²) < 4.78 is 28.0. The Bertz CT molecular complexity index is 1590. The predicted molar refractivity (Wildman–Crippen MR) is 149 cm³/mol. The van der Waals surface area contributed by atoms with Gasteiger partial charge in [0.05, 0.1) is 48.4 Å². The molecular weight excluding hydrogens is 509 g/mol. The van der Waals surface area contributed by atoms with Gasteiger partial charge < -0.3 is 18.9 Å². The molecule has 9 nitrogen and oxygen atoms in total. The molecule has 1 fully saturated rings. The van der Waals surface area contributed by atoms with Gasteiger partial charge in [-0.05, 0) is 42.7 Å². The van der Waals surface area contributed by atoms with Crippen molar-refractivity contribution in [1.82, 2.24) is 19.5 Å². The minimum Gasteiger partial charge on any atom is -0.473 e. The normalized spacial score (nSPS) is 16.7. The summed E-state index contributed by atoms with van der Waals surface area (Å²) in [5.74, 6) is 1.59. The van der Waals surface area contributed by atoms with Crippen LogP contribution < -0.4 is 9.64 Å². The largest absolute Gasteiger partial charge is 0.473 e. The number of para-hydroxylation sites is 1. The number of nitrogens with zero attached hydrogens (tertiary/aromatic N) is 7. The summed E-state index contributed by atoms with van der Waals surface area (Å²) in [6.07, 6.45) is 4.01. The van der Waals surface area contributed by atoms with E-state index in [1.165, 1.54) is 11.6 Å². The molecule has 4 aromatic rings. The van der Waals surface area contributed by atoms with Crippen LogP contribution in [0.4, 0.5) is 10.2 Å². The smallest absolute Gasteiger partial charge is 0.215 e. The maximum atomic E-state index is 14.2. The molecule has 204 valence electrons. The minimum atomic E-state index is -0.474. The van der Waals surface area contributed by atoms with E-state index in [9.17, 15) is 4.39 Å². The first-order valence-corrected chi connectivity index (χ1v) is 13.5. The Morgan fingerprint density at radius 3 is 2.70 bits per heavy atom. The van der Waals surface area contributed by atoms with E-state index < -0.39 is 5.82 Å². The van der Waals surface area contributed by atoms with Gasteiger partial charge in [0.1, 0.15) is 30.4 Å². The van der Waals surface area contributed by atoms with Gasteiger partial charge >= 0.3 is 0 Å². The van der Waals surface area contributed by atoms with Gasteiger partial charge in [-0.3, -0.25) is 5.01 Å². The van der Waals surface area contributed by atoms with Gasteiger partial charge in [-0.1, -0.05) is 31.2 Å². The molecule has 2 aliphatic rings. The fourth-order valence-electron chi connectivity index (χ4n) is 4.96. The Morgan fingerprint density at radius 1 is 1.10 bits per heavy atom. The van der Waals surface area contributed by atoms with E-state index in [1.807, 2.05) is 28.1 Å². The van der Waals surface area contributed by atoms with Crippen LogP contribution in [0.2, 0.25) is 0 Å². The van der Waals surface area contributed by atoms with Crippen LogP contribution in [0.25, 0.3) is 11.0 Å². The molecule has 10 heteroatoms. The highest BCUT2D eigenvalue weighted by Gasteiger charge is 2.24. The first-order chi connectivity index (χ1) is 19.6. The minimum absolute atomic E-state index is 0.0164. The number of halogens is 1. The number of ether oxygens (including phenoxy) is 2. The first kappa shape index (κ1) is 25.8. The molecule has 0 amide bonds. The van der Waals surface area contributed by atoms with Gasteiger partial charge in [-0.15, -0.1) is 0 Å². The van der Waals surface area contributed by atoms with Crippen LogP contribution in [0.15, 0.2) is 59.7 Å². The van der Waals surface area contributed by atoms with Crippen molar-refractivity contribution in [2.75, 3.05) is 24.6 Å². The van der Waals surface area contributed by atoms with Crippen LogP contribution in [0.5, 0.6) is 5.88 Å². The first-order valence-electron chi connectivity index (χ1n) is 13.5. The van der Waals surface area contributed by atoms with E-state index in [0.29, 0.717) is 36.9 Å². The Labute approximate surface area is 232 Å². The second kappa shape index (κ2) is 11.3. The predicted octanol–water partition coefficient (Wildman–Crippen LogP) is 4.64. The lowest BCUT2D eigenvalue weighted by Crippen LogP contribution is -2.38. The zero-order chi connectivity index (χ0) is 27.5. The van der Waals surface area contributed by atoms with Gasteiger partial charge in [0.25, 0.3) is 0 Å². The SMILES string of the molecule is CCc1cccc2c1nc(CN1CCN(c3cccc(OCc4ccc(C#N)cc4F)n3)C=N1)n2C[C@@H]1CCO1. The molecule has 0 spiro atoms. The number of imidazole rings is 1. The number of nitriles is 1. The topological polar surface area (TPSA) is 91.8 Å². The maximum absolute atomic E-state index is 14.2. The van der Waals surface area contributed by atoms with Gasteiger partial charge in [-0.25, -0.2) is 9.37 Å². The fraction of sp³-hybridized carbons (Fsp3) is 0.333. The molecule has 40 heavy (non-hydrogen) atoms. The van der Waals surface area contributed by atoms with Crippen molar-refractivity contribution in [3.8, 4) is 11.9 Å². The monoisotopic (exact) mass is 539 g/mol. The van der Waals surface area contributed by atoms with Crippen LogP contribution >= 0.6 is 0 Å². The van der Waals surface area contributed by atoms with Crippen molar-refractivity contribution < 1.29 is 13.9 Å². The summed E-state index contributed by atoms with van der Waals surface area (Å²) in [5.41, 5.74) is 4.09. The number of aromatic nitrogens is 3. The highest BCUT2D eigenvalue weighted by Crippen LogP contribution is 2.25. The number of rotatable bonds is 9. The molecule has 1 saturated heterocycles. The van der Waals surface area contributed by atoms with E-state index in [-0.39, 0.29) is 18.3 Å². The van der Waals surface area contributed by atoms with Crippen LogP contribution in [-0.2, 0) is 30.9 Å². The van der Waals surface area contributed by atoms with Crippen molar-refractivity contribution in [3.63, 3.8) is 0 Å². The summed E-state index contributed by atoms with van der Waals surface area (Å²) in [7, 11) is 0. The molecule has 0 saturated carbocycles. The van der Waals surface area contributed by atoms with Gasteiger partial charge in [-0.2, -0.15) is 15.3 Å². The maximum Gasteiger partial charge on any atom is 0.215 e. The number of hydrogen-bond acceptors (Lipinski definition) is 8. The molecule has 1 atom stereocenters. The molecule has 6 rings (SSSR count). The van der Waals surface area contributed by atoms with Crippen molar-refractivity contribution in [3.05, 3.63) is 82.9 Å². The Kier molecular flexibility index (Phi) is 7.29. The Balaban J connectivity index is 1.14. The van der Waals surface area contributed by atoms with E-state index in [1.54, 1.807) is 24.5 Å². The molecule has 2 aromatic carbocycles. The van der Waals surface area contributed by atoms with Crippen LogP contribution in [0.3, 0.4) is 0 Å². The quantitative estimate of drug-likeness (QED) is 0.306. The third-order valence-electron chi connectivity index (χ3n) is 7.34. The van der Waals surface area contributed by atoms with Crippen molar-refractivity contribution in [2.45, 2.75) is 45.6 Å². The number of hydrazone groups is 1. The lowest BCUT2D eigenvalue weighted by atomic mass is 10.1. The lowest BCUT2D eigenvalue weighted by Gasteiger charge is -2.30. The van der Waals surface area contributed by atoms with E-state index in [2.05, 4.69) is 34.7 Å².